The molecule has 1 fully saturated rings. The molecule has 0 aromatic carbocycles. The van der Waals surface area contributed by atoms with E-state index in [2.05, 4.69) is 22.6 Å². The highest BCUT2D eigenvalue weighted by Gasteiger charge is 2.20. The van der Waals surface area contributed by atoms with Crippen LogP contribution in [-0.4, -0.2) is 51.2 Å². The van der Waals surface area contributed by atoms with Crippen molar-refractivity contribution in [3.05, 3.63) is 0 Å². The molecule has 1 saturated heterocycles. The highest BCUT2D eigenvalue weighted by Crippen LogP contribution is 1.99. The molecule has 0 unspecified atom stereocenters. The first-order valence-electron chi connectivity index (χ1n) is 7.90. The summed E-state index contributed by atoms with van der Waals surface area (Å²) < 4.78 is 0. The fourth-order valence-corrected chi connectivity index (χ4v) is 1.06. The van der Waals surface area contributed by atoms with Crippen molar-refractivity contribution in [2.24, 2.45) is 0 Å². The average molecular weight is 264 g/mol. The monoisotopic (exact) mass is 263 g/mol. The molecular weight excluding hydrogens is 222 g/mol. The third-order valence-corrected chi connectivity index (χ3v) is 2.10. The van der Waals surface area contributed by atoms with Crippen LogP contribution in [0.1, 0.15) is 55.4 Å². The predicted octanol–water partition coefficient (Wildman–Crippen LogP) is 3.21. The Morgan fingerprint density at radius 2 is 1.33 bits per heavy atom. The molecule has 1 aliphatic rings. The molecule has 18 heavy (non-hydrogen) atoms. The normalized spacial score (nSPS) is 12.2. The second-order valence-electron chi connectivity index (χ2n) is 2.90. The van der Waals surface area contributed by atoms with Crippen LogP contribution in [0, 0.1) is 0 Å². The number of hydrogen-bond donors (Lipinski definition) is 2. The molecule has 0 saturated carbocycles. The van der Waals surface area contributed by atoms with Gasteiger partial charge in [-0.3, -0.25) is 4.90 Å². The standard InChI is InChI=1S/C7H17N3.4C2H6/c1-8-3-4-10(2)7-5-9-6-7;4*1-2/h7-9H,3-6H2,1-2H3;4*1-2H3. The second-order valence-corrected chi connectivity index (χ2v) is 2.90. The van der Waals surface area contributed by atoms with Gasteiger partial charge in [-0.15, -0.1) is 0 Å². The van der Waals surface area contributed by atoms with Crippen molar-refractivity contribution in [1.29, 1.82) is 0 Å². The summed E-state index contributed by atoms with van der Waals surface area (Å²) >= 11 is 0. The van der Waals surface area contributed by atoms with E-state index in [1.165, 1.54) is 13.1 Å². The Morgan fingerprint density at radius 3 is 1.56 bits per heavy atom. The summed E-state index contributed by atoms with van der Waals surface area (Å²) in [4.78, 5) is 2.40. The quantitative estimate of drug-likeness (QED) is 0.815. The van der Waals surface area contributed by atoms with E-state index in [9.17, 15) is 0 Å². The van der Waals surface area contributed by atoms with Gasteiger partial charge in [0.05, 0.1) is 0 Å². The summed E-state index contributed by atoms with van der Waals surface area (Å²) in [5.74, 6) is 0. The van der Waals surface area contributed by atoms with Crippen LogP contribution in [0.4, 0.5) is 0 Å². The highest BCUT2D eigenvalue weighted by atomic mass is 15.2. The molecule has 0 aliphatic carbocycles. The van der Waals surface area contributed by atoms with Crippen molar-refractivity contribution >= 4 is 0 Å². The number of nitrogens with zero attached hydrogens (tertiary/aromatic N) is 1. The second kappa shape index (κ2) is 30.2. The number of likely N-dealkylation sites (N-methyl/N-ethyl adjacent to an activating group) is 2. The average Bonchev–Trinajstić information content (AvgIpc) is 2.43. The maximum atomic E-state index is 3.26. The molecule has 0 radical (unpaired) electrons. The van der Waals surface area contributed by atoms with Gasteiger partial charge in [0.1, 0.15) is 0 Å². The van der Waals surface area contributed by atoms with Crippen molar-refractivity contribution in [2.45, 2.75) is 61.4 Å². The highest BCUT2D eigenvalue weighted by molar-refractivity contribution is 4.82. The van der Waals surface area contributed by atoms with Gasteiger partial charge < -0.3 is 10.6 Å². The third kappa shape index (κ3) is 18.3. The number of rotatable bonds is 4. The van der Waals surface area contributed by atoms with Crippen molar-refractivity contribution in [2.75, 3.05) is 40.3 Å². The predicted molar refractivity (Wildman–Crippen MR) is 88.6 cm³/mol. The summed E-state index contributed by atoms with van der Waals surface area (Å²) in [5.41, 5.74) is 0. The molecule has 0 amide bonds. The molecule has 1 aliphatic heterocycles. The van der Waals surface area contributed by atoms with Gasteiger partial charge in [0.25, 0.3) is 0 Å². The smallest absolute Gasteiger partial charge is 0.0342 e. The van der Waals surface area contributed by atoms with Crippen LogP contribution in [0.15, 0.2) is 0 Å². The third-order valence-electron chi connectivity index (χ3n) is 2.10. The zero-order chi connectivity index (χ0) is 15.4. The van der Waals surface area contributed by atoms with Gasteiger partial charge in [-0.25, -0.2) is 0 Å². The van der Waals surface area contributed by atoms with Crippen molar-refractivity contribution in [3.8, 4) is 0 Å². The van der Waals surface area contributed by atoms with Crippen molar-refractivity contribution in [3.63, 3.8) is 0 Å². The minimum Gasteiger partial charge on any atom is -0.318 e. The fourth-order valence-electron chi connectivity index (χ4n) is 1.06. The van der Waals surface area contributed by atoms with Crippen LogP contribution in [0.25, 0.3) is 0 Å². The van der Waals surface area contributed by atoms with Crippen LogP contribution in [-0.2, 0) is 0 Å². The van der Waals surface area contributed by atoms with Crippen molar-refractivity contribution < 1.29 is 0 Å². The Kier molecular flexibility index (Phi) is 44.3. The Labute approximate surface area is 118 Å². The van der Waals surface area contributed by atoms with Crippen LogP contribution in [0.2, 0.25) is 0 Å². The number of nitrogens with one attached hydrogen (secondary N) is 2. The Hall–Kier alpha value is -0.120. The lowest BCUT2D eigenvalue weighted by Gasteiger charge is -2.35. The van der Waals surface area contributed by atoms with Gasteiger partial charge in [0.2, 0.25) is 0 Å². The van der Waals surface area contributed by atoms with E-state index in [0.717, 1.165) is 19.1 Å². The molecule has 2 N–H and O–H groups in total. The molecule has 1 heterocycles. The van der Waals surface area contributed by atoms with Crippen molar-refractivity contribution in [1.82, 2.24) is 15.5 Å². The van der Waals surface area contributed by atoms with Gasteiger partial charge in [0, 0.05) is 32.2 Å². The summed E-state index contributed by atoms with van der Waals surface area (Å²) in [5, 5.41) is 6.40. The lowest BCUT2D eigenvalue weighted by Crippen LogP contribution is -2.56. The molecule has 3 nitrogen and oxygen atoms in total. The topological polar surface area (TPSA) is 27.3 Å². The van der Waals surface area contributed by atoms with Gasteiger partial charge in [-0.05, 0) is 14.1 Å². The van der Waals surface area contributed by atoms with Gasteiger partial charge in [-0.1, -0.05) is 55.4 Å². The lowest BCUT2D eigenvalue weighted by atomic mass is 10.1. The van der Waals surface area contributed by atoms with E-state index in [0.29, 0.717) is 0 Å². The summed E-state index contributed by atoms with van der Waals surface area (Å²) in [6.07, 6.45) is 0. The molecule has 0 spiro atoms. The van der Waals surface area contributed by atoms with E-state index in [4.69, 9.17) is 0 Å². The SMILES string of the molecule is CC.CC.CC.CC.CNCCN(C)C1CNC1. The molecule has 0 aromatic heterocycles. The first kappa shape index (κ1) is 26.4. The summed E-state index contributed by atoms with van der Waals surface area (Å²) in [6, 6.07) is 0.786. The Balaban J connectivity index is -0.000000105. The van der Waals surface area contributed by atoms with E-state index < -0.39 is 0 Å². The number of hydrogen-bond acceptors (Lipinski definition) is 3. The molecular formula is C15H41N3. The molecule has 0 bridgehead atoms. The first-order chi connectivity index (χ1) is 8.84. The van der Waals surface area contributed by atoms with Crippen LogP contribution in [0.3, 0.4) is 0 Å². The fraction of sp³-hybridized carbons (Fsp3) is 1.00. The van der Waals surface area contributed by atoms with E-state index in [-0.39, 0.29) is 0 Å². The first-order valence-corrected chi connectivity index (χ1v) is 7.90. The molecule has 0 aromatic rings. The summed E-state index contributed by atoms with van der Waals surface area (Å²) in [7, 11) is 4.18. The molecule has 1 rings (SSSR count). The molecule has 0 atom stereocenters. The maximum absolute atomic E-state index is 3.26. The van der Waals surface area contributed by atoms with Gasteiger partial charge >= 0.3 is 0 Å². The zero-order valence-corrected chi connectivity index (χ0v) is 14.9. The van der Waals surface area contributed by atoms with Gasteiger partial charge in [-0.2, -0.15) is 0 Å². The van der Waals surface area contributed by atoms with Crippen LogP contribution >= 0.6 is 0 Å². The maximum Gasteiger partial charge on any atom is 0.0342 e. The molecule has 116 valence electrons. The Morgan fingerprint density at radius 1 is 0.944 bits per heavy atom. The molecule has 3 heteroatoms. The largest absolute Gasteiger partial charge is 0.318 e. The Bertz CT molecular complexity index is 93.7. The zero-order valence-electron chi connectivity index (χ0n) is 14.9. The van der Waals surface area contributed by atoms with E-state index in [1.54, 1.807) is 0 Å². The van der Waals surface area contributed by atoms with E-state index >= 15 is 0 Å². The summed E-state index contributed by atoms with van der Waals surface area (Å²) in [6.45, 7) is 20.6. The minimum absolute atomic E-state index is 0.786. The van der Waals surface area contributed by atoms with E-state index in [1.807, 2.05) is 62.4 Å². The van der Waals surface area contributed by atoms with Crippen LogP contribution in [0.5, 0.6) is 0 Å². The van der Waals surface area contributed by atoms with Crippen LogP contribution < -0.4 is 10.6 Å². The minimum atomic E-state index is 0.786. The lowest BCUT2D eigenvalue weighted by molar-refractivity contribution is 0.182. The van der Waals surface area contributed by atoms with Gasteiger partial charge in [0.15, 0.2) is 0 Å².